The molecule has 1 N–H and O–H groups in total. The van der Waals surface area contributed by atoms with Gasteiger partial charge in [0, 0.05) is 25.8 Å². The summed E-state index contributed by atoms with van der Waals surface area (Å²) < 4.78 is 7.89. The maximum Gasteiger partial charge on any atom is 0.0950 e. The van der Waals surface area contributed by atoms with Crippen molar-refractivity contribution in [1.82, 2.24) is 19.8 Å². The number of imidazole rings is 1. The Kier molecular flexibility index (Phi) is 5.16. The second-order valence-electron chi connectivity index (χ2n) is 4.99. The molecule has 1 unspecified atom stereocenters. The number of morpholine rings is 1. The van der Waals surface area contributed by atoms with E-state index in [4.69, 9.17) is 4.74 Å². The van der Waals surface area contributed by atoms with Gasteiger partial charge in [0.05, 0.1) is 31.3 Å². The topological polar surface area (TPSA) is 42.3 Å². The highest BCUT2D eigenvalue weighted by Gasteiger charge is 2.17. The molecule has 1 aromatic rings. The van der Waals surface area contributed by atoms with E-state index in [0.29, 0.717) is 0 Å². The van der Waals surface area contributed by atoms with Gasteiger partial charge in [0.2, 0.25) is 0 Å². The Hall–Kier alpha value is -0.910. The van der Waals surface area contributed by atoms with Gasteiger partial charge in [-0.1, -0.05) is 6.92 Å². The van der Waals surface area contributed by atoms with Gasteiger partial charge >= 0.3 is 0 Å². The van der Waals surface area contributed by atoms with Gasteiger partial charge in [0.25, 0.3) is 0 Å². The smallest absolute Gasteiger partial charge is 0.0950 e. The highest BCUT2D eigenvalue weighted by atomic mass is 16.5. The molecule has 102 valence electrons. The van der Waals surface area contributed by atoms with Crippen LogP contribution in [0.3, 0.4) is 0 Å². The Morgan fingerprint density at radius 1 is 1.56 bits per heavy atom. The Balaban J connectivity index is 1.78. The van der Waals surface area contributed by atoms with E-state index < -0.39 is 0 Å². The zero-order chi connectivity index (χ0) is 12.8. The van der Waals surface area contributed by atoms with Crippen molar-refractivity contribution in [1.29, 1.82) is 0 Å². The van der Waals surface area contributed by atoms with Gasteiger partial charge in [-0.2, -0.15) is 0 Å². The second-order valence-corrected chi connectivity index (χ2v) is 4.99. The Morgan fingerprint density at radius 2 is 2.44 bits per heavy atom. The van der Waals surface area contributed by atoms with Gasteiger partial charge in [-0.15, -0.1) is 0 Å². The van der Waals surface area contributed by atoms with Crippen LogP contribution in [0.2, 0.25) is 0 Å². The molecule has 2 rings (SSSR count). The molecule has 5 nitrogen and oxygen atoms in total. The lowest BCUT2D eigenvalue weighted by Gasteiger charge is -2.30. The van der Waals surface area contributed by atoms with Crippen LogP contribution in [-0.4, -0.2) is 53.8 Å². The first-order valence-electron chi connectivity index (χ1n) is 6.79. The fourth-order valence-corrected chi connectivity index (χ4v) is 2.20. The highest BCUT2D eigenvalue weighted by Crippen LogP contribution is 2.06. The quantitative estimate of drug-likeness (QED) is 0.757. The summed E-state index contributed by atoms with van der Waals surface area (Å²) in [6.45, 7) is 7.83. The predicted molar refractivity (Wildman–Crippen MR) is 71.5 cm³/mol. The van der Waals surface area contributed by atoms with Crippen molar-refractivity contribution in [3.05, 3.63) is 18.2 Å². The van der Waals surface area contributed by atoms with E-state index in [-0.39, 0.29) is 6.10 Å². The van der Waals surface area contributed by atoms with Crippen molar-refractivity contribution in [2.45, 2.75) is 32.5 Å². The van der Waals surface area contributed by atoms with E-state index in [1.54, 1.807) is 0 Å². The van der Waals surface area contributed by atoms with Crippen LogP contribution >= 0.6 is 0 Å². The monoisotopic (exact) mass is 252 g/mol. The van der Waals surface area contributed by atoms with Crippen molar-refractivity contribution in [3.8, 4) is 0 Å². The van der Waals surface area contributed by atoms with Crippen molar-refractivity contribution in [3.63, 3.8) is 0 Å². The zero-order valence-corrected chi connectivity index (χ0v) is 11.4. The molecule has 1 atom stereocenters. The van der Waals surface area contributed by atoms with Crippen LogP contribution in [0.25, 0.3) is 0 Å². The van der Waals surface area contributed by atoms with Gasteiger partial charge in [-0.25, -0.2) is 4.98 Å². The first-order valence-corrected chi connectivity index (χ1v) is 6.79. The summed E-state index contributed by atoms with van der Waals surface area (Å²) in [5.41, 5.74) is 1.10. The zero-order valence-electron chi connectivity index (χ0n) is 11.4. The van der Waals surface area contributed by atoms with Crippen LogP contribution in [0.4, 0.5) is 0 Å². The third kappa shape index (κ3) is 4.08. The number of aromatic nitrogens is 2. The van der Waals surface area contributed by atoms with Crippen LogP contribution in [0.15, 0.2) is 12.5 Å². The molecule has 1 aliphatic rings. The molecule has 0 aromatic carbocycles. The Bertz CT molecular complexity index is 353. The predicted octanol–water partition coefficient (Wildman–Crippen LogP) is 0.713. The first kappa shape index (κ1) is 13.5. The number of ether oxygens (including phenoxy) is 1. The normalized spacial score (nSPS) is 21.3. The molecule has 0 saturated carbocycles. The molecule has 1 aromatic heterocycles. The molecule has 2 heterocycles. The maximum atomic E-state index is 5.75. The molecule has 0 aliphatic carbocycles. The summed E-state index contributed by atoms with van der Waals surface area (Å²) in [6, 6.07) is 0. The minimum atomic E-state index is 0.286. The van der Waals surface area contributed by atoms with Gasteiger partial charge in [0.1, 0.15) is 0 Å². The molecule has 0 bridgehead atoms. The molecule has 0 spiro atoms. The number of nitrogens with one attached hydrogen (secondary N) is 1. The number of hydrogen-bond acceptors (Lipinski definition) is 4. The van der Waals surface area contributed by atoms with Crippen LogP contribution in [-0.2, 0) is 17.8 Å². The summed E-state index contributed by atoms with van der Waals surface area (Å²) in [7, 11) is 2.14. The van der Waals surface area contributed by atoms with E-state index in [1.807, 2.05) is 6.33 Å². The van der Waals surface area contributed by atoms with E-state index in [2.05, 4.69) is 39.9 Å². The average Bonchev–Trinajstić information content (AvgIpc) is 2.77. The number of rotatable bonds is 6. The molecule has 1 fully saturated rings. The number of nitrogens with zero attached hydrogens (tertiary/aromatic N) is 3. The van der Waals surface area contributed by atoms with Gasteiger partial charge in [-0.3, -0.25) is 0 Å². The van der Waals surface area contributed by atoms with Crippen molar-refractivity contribution >= 4 is 0 Å². The van der Waals surface area contributed by atoms with E-state index >= 15 is 0 Å². The second kappa shape index (κ2) is 6.87. The summed E-state index contributed by atoms with van der Waals surface area (Å²) in [5.74, 6) is 0. The minimum Gasteiger partial charge on any atom is -0.374 e. The lowest BCUT2D eigenvalue weighted by Crippen LogP contribution is -2.41. The molecule has 18 heavy (non-hydrogen) atoms. The summed E-state index contributed by atoms with van der Waals surface area (Å²) in [5, 5.41) is 3.36. The summed E-state index contributed by atoms with van der Waals surface area (Å²) in [4.78, 5) is 6.72. The van der Waals surface area contributed by atoms with E-state index in [1.165, 1.54) is 0 Å². The molecular formula is C13H24N4O. The lowest BCUT2D eigenvalue weighted by molar-refractivity contribution is -0.0274. The standard InChI is InChI=1S/C13H24N4O/c1-3-4-14-7-12-8-17(11-15-12)10-13-9-16(2)5-6-18-13/h8,11,13-14H,3-7,9-10H2,1-2H3. The van der Waals surface area contributed by atoms with Crippen LogP contribution < -0.4 is 5.32 Å². The third-order valence-electron chi connectivity index (χ3n) is 3.18. The third-order valence-corrected chi connectivity index (χ3v) is 3.18. The summed E-state index contributed by atoms with van der Waals surface area (Å²) in [6.07, 6.45) is 5.46. The SMILES string of the molecule is CCCNCc1cn(CC2CN(C)CCO2)cn1. The Morgan fingerprint density at radius 3 is 3.22 bits per heavy atom. The fourth-order valence-electron chi connectivity index (χ4n) is 2.20. The maximum absolute atomic E-state index is 5.75. The summed E-state index contributed by atoms with van der Waals surface area (Å²) >= 11 is 0. The number of hydrogen-bond donors (Lipinski definition) is 1. The van der Waals surface area contributed by atoms with Gasteiger partial charge in [0.15, 0.2) is 0 Å². The van der Waals surface area contributed by atoms with Crippen LogP contribution in [0.1, 0.15) is 19.0 Å². The largest absolute Gasteiger partial charge is 0.374 e. The van der Waals surface area contributed by atoms with Crippen molar-refractivity contribution in [2.24, 2.45) is 0 Å². The first-order chi connectivity index (χ1) is 8.78. The van der Waals surface area contributed by atoms with Crippen molar-refractivity contribution in [2.75, 3.05) is 33.3 Å². The molecular weight excluding hydrogens is 228 g/mol. The van der Waals surface area contributed by atoms with E-state index in [9.17, 15) is 0 Å². The lowest BCUT2D eigenvalue weighted by atomic mass is 10.3. The van der Waals surface area contributed by atoms with Gasteiger partial charge in [-0.05, 0) is 20.0 Å². The molecule has 0 amide bonds. The fraction of sp³-hybridized carbons (Fsp3) is 0.769. The molecule has 5 heteroatoms. The van der Waals surface area contributed by atoms with Crippen LogP contribution in [0.5, 0.6) is 0 Å². The molecule has 1 aliphatic heterocycles. The van der Waals surface area contributed by atoms with Crippen LogP contribution in [0, 0.1) is 0 Å². The van der Waals surface area contributed by atoms with Gasteiger partial charge < -0.3 is 19.5 Å². The average molecular weight is 252 g/mol. The van der Waals surface area contributed by atoms with E-state index in [0.717, 1.165) is 51.4 Å². The molecule has 1 saturated heterocycles. The molecule has 0 radical (unpaired) electrons. The minimum absolute atomic E-state index is 0.286. The number of likely N-dealkylation sites (N-methyl/N-ethyl adjacent to an activating group) is 1. The highest BCUT2D eigenvalue weighted by molar-refractivity contribution is 4.96. The Labute approximate surface area is 109 Å². The van der Waals surface area contributed by atoms with Crippen molar-refractivity contribution < 1.29 is 4.74 Å².